The number of urea groups is 1. The van der Waals surface area contributed by atoms with Crippen molar-refractivity contribution in [1.29, 1.82) is 5.26 Å². The largest absolute Gasteiger partial charge is 0.419 e. The van der Waals surface area contributed by atoms with Gasteiger partial charge in [0, 0.05) is 6.54 Å². The maximum atomic E-state index is 13.6. The Morgan fingerprint density at radius 3 is 2.48 bits per heavy atom. The molecule has 1 aromatic rings. The fourth-order valence-corrected chi connectivity index (χ4v) is 3.05. The lowest BCUT2D eigenvalue weighted by molar-refractivity contribution is -0.757. The molecular weight excluding hydrogens is 397 g/mol. The van der Waals surface area contributed by atoms with Crippen molar-refractivity contribution in [2.75, 3.05) is 18.1 Å². The summed E-state index contributed by atoms with van der Waals surface area (Å²) in [6.07, 6.45) is -4.53. The van der Waals surface area contributed by atoms with Gasteiger partial charge in [0.05, 0.1) is 29.5 Å². The monoisotopic (exact) mass is 414 g/mol. The fraction of sp³-hybridized carbons (Fsp3) is 0.471. The maximum Gasteiger partial charge on any atom is 0.419 e. The van der Waals surface area contributed by atoms with Gasteiger partial charge in [-0.3, -0.25) is 4.79 Å². The highest BCUT2D eigenvalue weighted by Crippen LogP contribution is 2.42. The van der Waals surface area contributed by atoms with E-state index in [9.17, 15) is 32.9 Å². The van der Waals surface area contributed by atoms with Crippen LogP contribution in [-0.4, -0.2) is 40.6 Å². The van der Waals surface area contributed by atoms with Crippen LogP contribution in [0.1, 0.15) is 37.8 Å². The Balaban J connectivity index is 2.35. The lowest BCUT2D eigenvalue weighted by Gasteiger charge is -2.27. The van der Waals surface area contributed by atoms with E-state index in [0.29, 0.717) is 4.90 Å². The summed E-state index contributed by atoms with van der Waals surface area (Å²) in [5.41, 5.74) is -4.21. The number of rotatable bonds is 7. The number of nitriles is 1. The third kappa shape index (κ3) is 4.23. The Bertz CT molecular complexity index is 879. The van der Waals surface area contributed by atoms with Gasteiger partial charge < -0.3 is 9.74 Å². The smallest absolute Gasteiger partial charge is 0.314 e. The molecule has 9 nitrogen and oxygen atoms in total. The molecule has 29 heavy (non-hydrogen) atoms. The van der Waals surface area contributed by atoms with Gasteiger partial charge in [-0.15, -0.1) is 10.1 Å². The molecule has 2 rings (SSSR count). The number of nitrogens with zero attached hydrogens (tertiary/aromatic N) is 4. The Labute approximate surface area is 163 Å². The molecule has 156 valence electrons. The first-order chi connectivity index (χ1) is 13.4. The molecule has 0 unspecified atom stereocenters. The second-order valence-corrected chi connectivity index (χ2v) is 6.71. The van der Waals surface area contributed by atoms with E-state index in [4.69, 9.17) is 5.26 Å². The second kappa shape index (κ2) is 7.94. The first kappa shape index (κ1) is 21.9. The van der Waals surface area contributed by atoms with Gasteiger partial charge in [-0.05, 0) is 38.8 Å². The molecule has 0 saturated carbocycles. The summed E-state index contributed by atoms with van der Waals surface area (Å²) in [5.74, 6) is -0.871. The van der Waals surface area contributed by atoms with Crippen LogP contribution in [0.3, 0.4) is 0 Å². The fourth-order valence-electron chi connectivity index (χ4n) is 3.05. The third-order valence-corrected chi connectivity index (χ3v) is 4.48. The molecule has 1 aliphatic rings. The van der Waals surface area contributed by atoms with Gasteiger partial charge in [-0.1, -0.05) is 6.07 Å². The van der Waals surface area contributed by atoms with Crippen molar-refractivity contribution in [2.24, 2.45) is 0 Å². The molecule has 1 heterocycles. The van der Waals surface area contributed by atoms with Crippen molar-refractivity contribution in [2.45, 2.75) is 38.4 Å². The summed E-state index contributed by atoms with van der Waals surface area (Å²) >= 11 is 0. The van der Waals surface area contributed by atoms with Crippen LogP contribution >= 0.6 is 0 Å². The minimum absolute atomic E-state index is 0.0194. The number of imide groups is 1. The number of halogens is 3. The average molecular weight is 414 g/mol. The van der Waals surface area contributed by atoms with Gasteiger partial charge in [-0.2, -0.15) is 18.4 Å². The van der Waals surface area contributed by atoms with Gasteiger partial charge in [0.2, 0.25) is 0 Å². The van der Waals surface area contributed by atoms with E-state index in [1.807, 2.05) is 0 Å². The van der Waals surface area contributed by atoms with Crippen molar-refractivity contribution >= 4 is 17.6 Å². The molecule has 0 spiro atoms. The van der Waals surface area contributed by atoms with E-state index < -0.39 is 45.6 Å². The predicted molar refractivity (Wildman–Crippen MR) is 92.0 cm³/mol. The second-order valence-electron chi connectivity index (χ2n) is 6.71. The lowest BCUT2D eigenvalue weighted by Crippen LogP contribution is -2.44. The Morgan fingerprint density at radius 1 is 1.28 bits per heavy atom. The molecule has 1 aromatic carbocycles. The number of carbonyl (C=O) groups excluding carboxylic acids is 2. The van der Waals surface area contributed by atoms with E-state index >= 15 is 0 Å². The summed E-state index contributed by atoms with van der Waals surface area (Å²) < 4.78 is 40.7. The third-order valence-electron chi connectivity index (χ3n) is 4.48. The molecule has 0 atom stereocenters. The molecular formula is C17H17F3N4O5. The van der Waals surface area contributed by atoms with Crippen LogP contribution in [0.25, 0.3) is 0 Å². The van der Waals surface area contributed by atoms with Crippen LogP contribution in [0.4, 0.5) is 23.7 Å². The molecule has 0 aliphatic carbocycles. The minimum atomic E-state index is -4.96. The van der Waals surface area contributed by atoms with E-state index in [1.54, 1.807) is 0 Å². The zero-order chi connectivity index (χ0) is 22.0. The predicted octanol–water partition coefficient (Wildman–Crippen LogP) is 3.11. The standard InChI is InChI=1S/C17H17F3N4O5/c1-16(2)14(25)23(15(26)22(16)8-3-4-9-29-24(27)28)12-7-5-6-11(10-21)13(12)17(18,19)20/h5-7H,3-4,8-9H2,1-2H3. The van der Waals surface area contributed by atoms with Gasteiger partial charge in [0.1, 0.15) is 5.54 Å². The van der Waals surface area contributed by atoms with Crippen molar-refractivity contribution in [1.82, 2.24) is 4.90 Å². The first-order valence-electron chi connectivity index (χ1n) is 8.46. The van der Waals surface area contributed by atoms with E-state index in [-0.39, 0.29) is 26.0 Å². The quantitative estimate of drug-likeness (QED) is 0.293. The van der Waals surface area contributed by atoms with Crippen LogP contribution in [-0.2, 0) is 15.8 Å². The van der Waals surface area contributed by atoms with Crippen LogP contribution in [0, 0.1) is 21.4 Å². The van der Waals surface area contributed by atoms with E-state index in [2.05, 4.69) is 4.84 Å². The average Bonchev–Trinajstić information content (AvgIpc) is 2.78. The summed E-state index contributed by atoms with van der Waals surface area (Å²) in [7, 11) is 0. The van der Waals surface area contributed by atoms with Crippen molar-refractivity contribution in [3.05, 3.63) is 39.4 Å². The lowest BCUT2D eigenvalue weighted by atomic mass is 10.0. The number of alkyl halides is 3. The molecule has 3 amide bonds. The first-order valence-corrected chi connectivity index (χ1v) is 8.46. The number of carbonyl (C=O) groups is 2. The highest BCUT2D eigenvalue weighted by molar-refractivity contribution is 6.23. The number of unbranched alkanes of at least 4 members (excludes halogenated alkanes) is 1. The van der Waals surface area contributed by atoms with Gasteiger partial charge in [-0.25, -0.2) is 9.69 Å². The molecule has 12 heteroatoms. The Hall–Kier alpha value is -3.36. The summed E-state index contributed by atoms with van der Waals surface area (Å²) in [6, 6.07) is 3.55. The maximum absolute atomic E-state index is 13.6. The zero-order valence-electron chi connectivity index (χ0n) is 15.5. The van der Waals surface area contributed by atoms with E-state index in [0.717, 1.165) is 23.1 Å². The molecule has 0 N–H and O–H groups in total. The van der Waals surface area contributed by atoms with E-state index in [1.165, 1.54) is 19.9 Å². The topological polar surface area (TPSA) is 117 Å². The molecule has 1 fully saturated rings. The number of anilines is 1. The molecule has 0 radical (unpaired) electrons. The van der Waals surface area contributed by atoms with Crippen molar-refractivity contribution in [3.8, 4) is 6.07 Å². The SMILES string of the molecule is CC1(C)C(=O)N(c2cccc(C#N)c2C(F)(F)F)C(=O)N1CCCCO[N+](=O)[O-]. The van der Waals surface area contributed by atoms with Gasteiger partial charge in [0.25, 0.3) is 11.0 Å². The summed E-state index contributed by atoms with van der Waals surface area (Å²) in [4.78, 5) is 41.5. The number of hydrogen-bond donors (Lipinski definition) is 0. The van der Waals surface area contributed by atoms with Crippen LogP contribution in [0.5, 0.6) is 0 Å². The summed E-state index contributed by atoms with van der Waals surface area (Å²) in [5, 5.41) is 18.2. The zero-order valence-corrected chi connectivity index (χ0v) is 15.5. The van der Waals surface area contributed by atoms with Crippen molar-refractivity contribution in [3.63, 3.8) is 0 Å². The Kier molecular flexibility index (Phi) is 6.01. The molecule has 0 bridgehead atoms. The normalized spacial score (nSPS) is 16.1. The van der Waals surface area contributed by atoms with Crippen molar-refractivity contribution < 1.29 is 32.7 Å². The van der Waals surface area contributed by atoms with Gasteiger partial charge in [0.15, 0.2) is 0 Å². The minimum Gasteiger partial charge on any atom is -0.314 e. The summed E-state index contributed by atoms with van der Waals surface area (Å²) in [6.45, 7) is 2.55. The van der Waals surface area contributed by atoms with Gasteiger partial charge >= 0.3 is 12.2 Å². The van der Waals surface area contributed by atoms with Crippen LogP contribution in [0.2, 0.25) is 0 Å². The number of benzene rings is 1. The molecule has 0 aromatic heterocycles. The van der Waals surface area contributed by atoms with Crippen LogP contribution < -0.4 is 4.90 Å². The number of hydrogen-bond acceptors (Lipinski definition) is 6. The molecule has 1 aliphatic heterocycles. The highest BCUT2D eigenvalue weighted by Gasteiger charge is 2.53. The Morgan fingerprint density at radius 2 is 1.93 bits per heavy atom. The van der Waals surface area contributed by atoms with Crippen LogP contribution in [0.15, 0.2) is 18.2 Å². The number of amides is 3. The highest BCUT2D eigenvalue weighted by atomic mass is 19.4. The molecule has 1 saturated heterocycles.